The van der Waals surface area contributed by atoms with Gasteiger partial charge in [0.1, 0.15) is 0 Å². The third-order valence-electron chi connectivity index (χ3n) is 2.88. The highest BCUT2D eigenvalue weighted by molar-refractivity contribution is 5.78. The van der Waals surface area contributed by atoms with Crippen molar-refractivity contribution in [3.05, 3.63) is 25.3 Å². The Morgan fingerprint density at radius 2 is 1.71 bits per heavy atom. The number of methoxy groups -OCH3 is 2. The number of carbonyl (C=O) groups excluding carboxylic acids is 2. The van der Waals surface area contributed by atoms with Crippen molar-refractivity contribution < 1.29 is 19.1 Å². The van der Waals surface area contributed by atoms with Crippen molar-refractivity contribution >= 4 is 11.9 Å². The average Bonchev–Trinajstić information content (AvgIpc) is 2.49. The summed E-state index contributed by atoms with van der Waals surface area (Å²) in [7, 11) is 2.95. The van der Waals surface area contributed by atoms with Gasteiger partial charge in [-0.2, -0.15) is 0 Å². The van der Waals surface area contributed by atoms with Crippen molar-refractivity contribution in [3.8, 4) is 0 Å². The molecular weight excluding hydrogens is 272 g/mol. The van der Waals surface area contributed by atoms with Crippen molar-refractivity contribution in [2.75, 3.05) is 53.6 Å². The summed E-state index contributed by atoms with van der Waals surface area (Å²) in [6, 6.07) is 0. The van der Waals surface area contributed by atoms with E-state index in [-0.39, 0.29) is 24.8 Å². The number of rotatable bonds is 12. The molecule has 0 aromatic carbocycles. The van der Waals surface area contributed by atoms with E-state index in [0.29, 0.717) is 32.8 Å². The summed E-state index contributed by atoms with van der Waals surface area (Å²) >= 11 is 0. The Hall–Kier alpha value is -1.66. The molecule has 0 rings (SSSR count). The molecule has 0 unspecified atom stereocenters. The Balaban J connectivity index is 4.52. The first-order valence-corrected chi connectivity index (χ1v) is 6.86. The predicted molar refractivity (Wildman–Crippen MR) is 81.9 cm³/mol. The van der Waals surface area contributed by atoms with Gasteiger partial charge in [0.25, 0.3) is 0 Å². The Bertz CT molecular complexity index is 335. The molecule has 0 spiro atoms. The summed E-state index contributed by atoms with van der Waals surface area (Å²) in [5.41, 5.74) is 0. The number of hydrogen-bond donors (Lipinski definition) is 0. The molecule has 0 aliphatic rings. The van der Waals surface area contributed by atoms with E-state index in [0.717, 1.165) is 0 Å². The van der Waals surface area contributed by atoms with Gasteiger partial charge < -0.3 is 14.4 Å². The molecule has 0 N–H and O–H groups in total. The Kier molecular flexibility index (Phi) is 11.2. The molecule has 6 nitrogen and oxygen atoms in total. The molecule has 0 atom stereocenters. The number of amides is 1. The first-order chi connectivity index (χ1) is 10.1. The second-order valence-corrected chi connectivity index (χ2v) is 4.47. The fourth-order valence-corrected chi connectivity index (χ4v) is 1.72. The smallest absolute Gasteiger partial charge is 0.306 e. The van der Waals surface area contributed by atoms with Crippen LogP contribution < -0.4 is 0 Å². The van der Waals surface area contributed by atoms with Crippen LogP contribution in [0.4, 0.5) is 0 Å². The van der Waals surface area contributed by atoms with Gasteiger partial charge in [-0.25, -0.2) is 0 Å². The van der Waals surface area contributed by atoms with Gasteiger partial charge >= 0.3 is 5.97 Å². The molecule has 0 aromatic heterocycles. The molecule has 6 heteroatoms. The van der Waals surface area contributed by atoms with Crippen LogP contribution in [0.15, 0.2) is 25.3 Å². The minimum absolute atomic E-state index is 0.0317. The van der Waals surface area contributed by atoms with Gasteiger partial charge in [-0.05, 0) is 0 Å². The highest BCUT2D eigenvalue weighted by Gasteiger charge is 2.16. The van der Waals surface area contributed by atoms with Crippen LogP contribution in [0, 0.1) is 0 Å². The van der Waals surface area contributed by atoms with Crippen LogP contribution >= 0.6 is 0 Å². The molecule has 0 bridgehead atoms. The Morgan fingerprint density at radius 3 is 2.19 bits per heavy atom. The lowest BCUT2D eigenvalue weighted by Gasteiger charge is -2.25. The molecule has 0 fully saturated rings. The Labute approximate surface area is 127 Å². The van der Waals surface area contributed by atoms with E-state index in [4.69, 9.17) is 4.74 Å². The van der Waals surface area contributed by atoms with E-state index in [1.165, 1.54) is 7.11 Å². The van der Waals surface area contributed by atoms with Crippen LogP contribution in [-0.2, 0) is 19.1 Å². The molecule has 0 aliphatic heterocycles. The molecule has 0 aromatic rings. The zero-order valence-electron chi connectivity index (χ0n) is 13.0. The maximum atomic E-state index is 12.2. The van der Waals surface area contributed by atoms with Crippen molar-refractivity contribution in [2.45, 2.75) is 6.42 Å². The summed E-state index contributed by atoms with van der Waals surface area (Å²) < 4.78 is 9.64. The van der Waals surface area contributed by atoms with Crippen LogP contribution in [0.25, 0.3) is 0 Å². The normalized spacial score (nSPS) is 10.2. The maximum Gasteiger partial charge on any atom is 0.306 e. The molecule has 120 valence electrons. The number of nitrogens with zero attached hydrogens (tertiary/aromatic N) is 2. The lowest BCUT2D eigenvalue weighted by Crippen LogP contribution is -2.42. The molecule has 0 saturated heterocycles. The van der Waals surface area contributed by atoms with Gasteiger partial charge in [0.15, 0.2) is 0 Å². The fourth-order valence-electron chi connectivity index (χ4n) is 1.72. The van der Waals surface area contributed by atoms with Crippen molar-refractivity contribution in [3.63, 3.8) is 0 Å². The van der Waals surface area contributed by atoms with Crippen molar-refractivity contribution in [1.82, 2.24) is 9.80 Å². The van der Waals surface area contributed by atoms with Crippen LogP contribution in [0.3, 0.4) is 0 Å². The standard InChI is InChI=1S/C15H26N2O4/c1-5-8-17(9-6-2)14(18)13-16(11-12-20-3)10-7-15(19)21-4/h5-6H,1-2,7-13H2,3-4H3. The summed E-state index contributed by atoms with van der Waals surface area (Å²) in [6.07, 6.45) is 3.60. The molecule has 0 saturated carbocycles. The monoisotopic (exact) mass is 298 g/mol. The van der Waals surface area contributed by atoms with Gasteiger partial charge in [-0.15, -0.1) is 13.2 Å². The minimum Gasteiger partial charge on any atom is -0.469 e. The predicted octanol–water partition coefficient (Wildman–Crippen LogP) is 0.699. The van der Waals surface area contributed by atoms with Crippen LogP contribution in [0.5, 0.6) is 0 Å². The average molecular weight is 298 g/mol. The van der Waals surface area contributed by atoms with E-state index < -0.39 is 0 Å². The van der Waals surface area contributed by atoms with E-state index in [9.17, 15) is 9.59 Å². The highest BCUT2D eigenvalue weighted by Crippen LogP contribution is 1.99. The quantitative estimate of drug-likeness (QED) is 0.392. The minimum atomic E-state index is -0.293. The molecule has 21 heavy (non-hydrogen) atoms. The third kappa shape index (κ3) is 8.99. The number of carbonyl (C=O) groups is 2. The van der Waals surface area contributed by atoms with E-state index in [1.807, 2.05) is 4.90 Å². The Morgan fingerprint density at radius 1 is 1.10 bits per heavy atom. The second-order valence-electron chi connectivity index (χ2n) is 4.47. The van der Waals surface area contributed by atoms with Crippen LogP contribution in [-0.4, -0.2) is 75.2 Å². The highest BCUT2D eigenvalue weighted by atomic mass is 16.5. The maximum absolute atomic E-state index is 12.2. The molecule has 0 aliphatic carbocycles. The SMILES string of the molecule is C=CCN(CC=C)C(=O)CN(CCOC)CCC(=O)OC. The zero-order valence-corrected chi connectivity index (χ0v) is 13.0. The lowest BCUT2D eigenvalue weighted by molar-refractivity contribution is -0.141. The zero-order chi connectivity index (χ0) is 16.1. The molecule has 0 heterocycles. The van der Waals surface area contributed by atoms with Gasteiger partial charge in [0, 0.05) is 33.3 Å². The summed E-state index contributed by atoms with van der Waals surface area (Å²) in [5, 5.41) is 0. The van der Waals surface area contributed by atoms with Crippen molar-refractivity contribution in [1.29, 1.82) is 0 Å². The fraction of sp³-hybridized carbons (Fsp3) is 0.600. The largest absolute Gasteiger partial charge is 0.469 e. The first-order valence-electron chi connectivity index (χ1n) is 6.86. The summed E-state index contributed by atoms with van der Waals surface area (Å²) in [4.78, 5) is 27.0. The molecule has 1 amide bonds. The van der Waals surface area contributed by atoms with Crippen molar-refractivity contribution in [2.24, 2.45) is 0 Å². The van der Waals surface area contributed by atoms with E-state index >= 15 is 0 Å². The van der Waals surface area contributed by atoms with Crippen LogP contribution in [0.1, 0.15) is 6.42 Å². The van der Waals surface area contributed by atoms with Crippen LogP contribution in [0.2, 0.25) is 0 Å². The summed E-state index contributed by atoms with van der Waals surface area (Å²) in [5.74, 6) is -0.324. The van der Waals surface area contributed by atoms with E-state index in [2.05, 4.69) is 17.9 Å². The number of esters is 1. The van der Waals surface area contributed by atoms with E-state index in [1.54, 1.807) is 24.2 Å². The molecule has 0 radical (unpaired) electrons. The van der Waals surface area contributed by atoms with Gasteiger partial charge in [-0.1, -0.05) is 12.2 Å². The van der Waals surface area contributed by atoms with Gasteiger partial charge in [0.05, 0.1) is 26.7 Å². The lowest BCUT2D eigenvalue weighted by atomic mass is 10.3. The second kappa shape index (κ2) is 12.1. The van der Waals surface area contributed by atoms with Gasteiger partial charge in [-0.3, -0.25) is 14.5 Å². The molecular formula is C15H26N2O4. The summed E-state index contributed by atoms with van der Waals surface area (Å²) in [6.45, 7) is 9.98. The van der Waals surface area contributed by atoms with Gasteiger partial charge in [0.2, 0.25) is 5.91 Å². The third-order valence-corrected chi connectivity index (χ3v) is 2.88. The topological polar surface area (TPSA) is 59.1 Å². The first kappa shape index (κ1) is 19.3. The number of ether oxygens (including phenoxy) is 2. The number of hydrogen-bond acceptors (Lipinski definition) is 5.